The number of anilines is 2. The first-order chi connectivity index (χ1) is 14.3. The molecule has 0 amide bonds. The van der Waals surface area contributed by atoms with Crippen LogP contribution in [-0.2, 0) is 19.6 Å². The lowest BCUT2D eigenvalue weighted by molar-refractivity contribution is -0.144. The minimum Gasteiger partial charge on any atom is -0.465 e. The highest BCUT2D eigenvalue weighted by Crippen LogP contribution is 2.24. The van der Waals surface area contributed by atoms with Crippen LogP contribution in [0.1, 0.15) is 6.92 Å². The highest BCUT2D eigenvalue weighted by atomic mass is 35.5. The third-order valence-electron chi connectivity index (χ3n) is 4.22. The fourth-order valence-electron chi connectivity index (χ4n) is 2.81. The van der Waals surface area contributed by atoms with E-state index in [-0.39, 0.29) is 34.7 Å². The summed E-state index contributed by atoms with van der Waals surface area (Å²) in [7, 11) is -4.05. The van der Waals surface area contributed by atoms with Crippen molar-refractivity contribution in [3.05, 3.63) is 53.9 Å². The lowest BCUT2D eigenvalue weighted by Gasteiger charge is -2.19. The summed E-state index contributed by atoms with van der Waals surface area (Å²) in [6, 6.07) is 10.7. The maximum atomic E-state index is 13.1. The first kappa shape index (κ1) is 21.8. The summed E-state index contributed by atoms with van der Waals surface area (Å²) in [4.78, 5) is 20.2. The molecule has 0 unspecified atom stereocenters. The van der Waals surface area contributed by atoms with E-state index in [1.807, 2.05) is 6.07 Å². The summed E-state index contributed by atoms with van der Waals surface area (Å²) < 4.78 is 33.6. The minimum atomic E-state index is -4.05. The van der Waals surface area contributed by atoms with Gasteiger partial charge in [0.15, 0.2) is 11.0 Å². The van der Waals surface area contributed by atoms with Crippen LogP contribution < -0.4 is 15.8 Å². The van der Waals surface area contributed by atoms with Gasteiger partial charge in [-0.05, 0) is 18.4 Å². The molecule has 3 rings (SSSR count). The number of sulfonamides is 1. The van der Waals surface area contributed by atoms with Crippen molar-refractivity contribution in [1.29, 1.82) is 0 Å². The molecule has 1 aromatic heterocycles. The van der Waals surface area contributed by atoms with Gasteiger partial charge in [0.25, 0.3) is 0 Å². The molecule has 158 valence electrons. The van der Waals surface area contributed by atoms with Gasteiger partial charge in [-0.3, -0.25) is 4.79 Å². The number of rotatable bonds is 8. The normalized spacial score (nSPS) is 12.5. The minimum absolute atomic E-state index is 0.0384. The van der Waals surface area contributed by atoms with Crippen molar-refractivity contribution in [1.82, 2.24) is 14.7 Å². The third kappa shape index (κ3) is 4.78. The number of halogens is 1. The molecule has 0 aliphatic rings. The zero-order chi connectivity index (χ0) is 21.7. The Bertz CT molecular complexity index is 1170. The number of nitrogens with zero attached hydrogens (tertiary/aromatic N) is 2. The molecule has 3 aromatic rings. The average Bonchev–Trinajstić information content (AvgIpc) is 2.73. The molecular weight excluding hydrogens is 430 g/mol. The number of carbonyl (C=O) groups excluding carboxylic acids is 1. The van der Waals surface area contributed by atoms with E-state index in [1.165, 1.54) is 12.4 Å². The van der Waals surface area contributed by atoms with Crippen molar-refractivity contribution >= 4 is 49.9 Å². The highest BCUT2D eigenvalue weighted by molar-refractivity contribution is 7.89. The summed E-state index contributed by atoms with van der Waals surface area (Å²) in [5.41, 5.74) is 5.89. The quantitative estimate of drug-likeness (QED) is 0.351. The Morgan fingerprint density at radius 1 is 1.20 bits per heavy atom. The van der Waals surface area contributed by atoms with Crippen molar-refractivity contribution in [3.63, 3.8) is 0 Å². The number of benzene rings is 2. The molecule has 0 saturated heterocycles. The van der Waals surface area contributed by atoms with E-state index < -0.39 is 22.0 Å². The maximum absolute atomic E-state index is 13.1. The summed E-state index contributed by atoms with van der Waals surface area (Å²) in [6.07, 6.45) is 1.20. The van der Waals surface area contributed by atoms with Crippen molar-refractivity contribution in [2.75, 3.05) is 24.2 Å². The van der Waals surface area contributed by atoms with Gasteiger partial charge in [0.2, 0.25) is 10.0 Å². The fourth-order valence-corrected chi connectivity index (χ4v) is 4.36. The number of nitrogen functional groups attached to an aromatic ring is 1. The number of esters is 1. The molecule has 0 bridgehead atoms. The number of ether oxygens (including phenoxy) is 1. The van der Waals surface area contributed by atoms with Gasteiger partial charge in [0, 0.05) is 11.9 Å². The van der Waals surface area contributed by atoms with Gasteiger partial charge in [-0.1, -0.05) is 48.0 Å². The second-order valence-electron chi connectivity index (χ2n) is 6.21. The van der Waals surface area contributed by atoms with Gasteiger partial charge in [-0.15, -0.1) is 0 Å². The molecule has 0 saturated carbocycles. The van der Waals surface area contributed by atoms with Crippen LogP contribution in [0.15, 0.2) is 53.7 Å². The molecule has 11 heteroatoms. The fraction of sp³-hybridized carbons (Fsp3) is 0.211. The van der Waals surface area contributed by atoms with Gasteiger partial charge >= 0.3 is 5.97 Å². The summed E-state index contributed by atoms with van der Waals surface area (Å²) >= 11 is 5.86. The van der Waals surface area contributed by atoms with E-state index in [0.29, 0.717) is 5.39 Å². The summed E-state index contributed by atoms with van der Waals surface area (Å²) in [5, 5.41) is 4.15. The van der Waals surface area contributed by atoms with Gasteiger partial charge in [-0.2, -0.15) is 4.72 Å². The number of fused-ring (bicyclic) bond motifs is 1. The predicted octanol–water partition coefficient (Wildman–Crippen LogP) is 2.19. The maximum Gasteiger partial charge on any atom is 0.326 e. The van der Waals surface area contributed by atoms with Gasteiger partial charge in [-0.25, -0.2) is 18.4 Å². The number of hydrogen-bond acceptors (Lipinski definition) is 8. The SMILES string of the molecule is CCOC(=O)[C@H](CNc1ncnc(Cl)c1N)NS(=O)(=O)c1cccc2ccccc12. The van der Waals surface area contributed by atoms with Crippen molar-refractivity contribution in [3.8, 4) is 0 Å². The second-order valence-corrected chi connectivity index (χ2v) is 8.25. The van der Waals surface area contributed by atoms with Crippen molar-refractivity contribution < 1.29 is 17.9 Å². The topological polar surface area (TPSA) is 136 Å². The Kier molecular flexibility index (Phi) is 6.70. The first-order valence-electron chi connectivity index (χ1n) is 9.00. The molecule has 0 aliphatic carbocycles. The molecule has 1 heterocycles. The molecule has 0 fully saturated rings. The van der Waals surface area contributed by atoms with E-state index in [4.69, 9.17) is 22.1 Å². The Hall–Kier alpha value is -2.95. The van der Waals surface area contributed by atoms with Crippen LogP contribution in [0.3, 0.4) is 0 Å². The molecule has 0 spiro atoms. The summed E-state index contributed by atoms with van der Waals surface area (Å²) in [5.74, 6) is -0.568. The van der Waals surface area contributed by atoms with Crippen LogP contribution in [0.25, 0.3) is 10.8 Å². The second kappa shape index (κ2) is 9.24. The zero-order valence-corrected chi connectivity index (χ0v) is 17.6. The predicted molar refractivity (Wildman–Crippen MR) is 115 cm³/mol. The van der Waals surface area contributed by atoms with Gasteiger partial charge in [0.1, 0.15) is 18.1 Å². The molecule has 30 heavy (non-hydrogen) atoms. The molecule has 0 radical (unpaired) electrons. The highest BCUT2D eigenvalue weighted by Gasteiger charge is 2.28. The standard InChI is InChI=1S/C19H20ClN5O4S/c1-2-29-19(26)14(10-22-18-16(21)17(20)23-11-24-18)25-30(27,28)15-9-5-7-12-6-3-4-8-13(12)15/h3-9,11,14,25H,2,10,21H2,1H3,(H,22,23,24)/t14-/m0/s1. The molecule has 9 nitrogen and oxygen atoms in total. The molecule has 0 aliphatic heterocycles. The lowest BCUT2D eigenvalue weighted by Crippen LogP contribution is -2.46. The van der Waals surface area contributed by atoms with Crippen LogP contribution in [0.4, 0.5) is 11.5 Å². The molecule has 2 aromatic carbocycles. The van der Waals surface area contributed by atoms with E-state index in [1.54, 1.807) is 37.3 Å². The molecular formula is C19H20ClN5O4S. The van der Waals surface area contributed by atoms with Crippen molar-refractivity contribution in [2.45, 2.75) is 17.9 Å². The number of carbonyl (C=O) groups is 1. The van der Waals surface area contributed by atoms with Gasteiger partial charge in [0.05, 0.1) is 11.5 Å². The number of nitrogens with two attached hydrogens (primary N) is 1. The number of aromatic nitrogens is 2. The summed E-state index contributed by atoms with van der Waals surface area (Å²) in [6.45, 7) is 1.55. The Balaban J connectivity index is 1.88. The Morgan fingerprint density at radius 2 is 1.93 bits per heavy atom. The van der Waals surface area contributed by atoms with E-state index >= 15 is 0 Å². The smallest absolute Gasteiger partial charge is 0.326 e. The van der Waals surface area contributed by atoms with Crippen LogP contribution in [0.2, 0.25) is 5.15 Å². The van der Waals surface area contributed by atoms with Crippen LogP contribution in [-0.4, -0.2) is 43.5 Å². The van der Waals surface area contributed by atoms with Crippen LogP contribution in [0, 0.1) is 0 Å². The average molecular weight is 450 g/mol. The zero-order valence-electron chi connectivity index (χ0n) is 16.0. The van der Waals surface area contributed by atoms with Crippen LogP contribution in [0.5, 0.6) is 0 Å². The number of hydrogen-bond donors (Lipinski definition) is 3. The Morgan fingerprint density at radius 3 is 2.70 bits per heavy atom. The van der Waals surface area contributed by atoms with Crippen LogP contribution >= 0.6 is 11.6 Å². The van der Waals surface area contributed by atoms with E-state index in [9.17, 15) is 13.2 Å². The van der Waals surface area contributed by atoms with Crippen molar-refractivity contribution in [2.24, 2.45) is 0 Å². The monoisotopic (exact) mass is 449 g/mol. The molecule has 1 atom stereocenters. The van der Waals surface area contributed by atoms with E-state index in [0.717, 1.165) is 5.39 Å². The lowest BCUT2D eigenvalue weighted by atomic mass is 10.1. The van der Waals surface area contributed by atoms with E-state index in [2.05, 4.69) is 20.0 Å². The number of nitrogens with one attached hydrogen (secondary N) is 2. The first-order valence-corrected chi connectivity index (χ1v) is 10.9. The largest absolute Gasteiger partial charge is 0.465 e. The van der Waals surface area contributed by atoms with Gasteiger partial charge < -0.3 is 15.8 Å². The Labute approximate surface area is 178 Å². The third-order valence-corrected chi connectivity index (χ3v) is 6.05. The molecule has 4 N–H and O–H groups in total.